The molecule has 6 atom stereocenters. The molecule has 1 aromatic carbocycles. The molecule has 3 aliphatic heterocycles. The summed E-state index contributed by atoms with van der Waals surface area (Å²) in [5.74, 6) is -3.41. The van der Waals surface area contributed by atoms with Crippen molar-refractivity contribution in [2.75, 3.05) is 7.11 Å². The third kappa shape index (κ3) is 3.80. The number of phenolic OH excluding ortho intramolecular Hbond substituents is 1. The fourth-order valence-electron chi connectivity index (χ4n) is 8.31. The maximum Gasteiger partial charge on any atom is 0.330 e. The van der Waals surface area contributed by atoms with Crippen LogP contribution in [-0.4, -0.2) is 63.4 Å². The number of carbonyl (C=O) groups excluding carboxylic acids is 2. The van der Waals surface area contributed by atoms with Gasteiger partial charge in [0.25, 0.3) is 0 Å². The number of rotatable bonds is 6. The number of ketones is 2. The van der Waals surface area contributed by atoms with Gasteiger partial charge in [0.1, 0.15) is 28.4 Å². The van der Waals surface area contributed by atoms with Crippen LogP contribution in [0.25, 0.3) is 6.08 Å². The van der Waals surface area contributed by atoms with Crippen LogP contribution in [0.15, 0.2) is 29.4 Å². The molecule has 0 aromatic heterocycles. The Hall–Kier alpha value is -3.43. The van der Waals surface area contributed by atoms with E-state index in [-0.39, 0.29) is 40.6 Å². The van der Waals surface area contributed by atoms with Crippen molar-refractivity contribution in [3.63, 3.8) is 0 Å². The van der Waals surface area contributed by atoms with E-state index >= 15 is 0 Å². The summed E-state index contributed by atoms with van der Waals surface area (Å²) in [5.41, 5.74) is -2.57. The third-order valence-corrected chi connectivity index (χ3v) is 10.2. The minimum atomic E-state index is -1.65. The Morgan fingerprint density at radius 3 is 2.42 bits per heavy atom. The average molecular weight is 593 g/mol. The molecule has 6 aliphatic rings. The quantitative estimate of drug-likeness (QED) is 0.338. The van der Waals surface area contributed by atoms with E-state index in [2.05, 4.69) is 0 Å². The monoisotopic (exact) mass is 592 g/mol. The lowest BCUT2D eigenvalue weighted by molar-refractivity contribution is -0.224. The largest absolute Gasteiger partial charge is 0.506 e. The van der Waals surface area contributed by atoms with E-state index < -0.39 is 52.2 Å². The Morgan fingerprint density at radius 2 is 1.79 bits per heavy atom. The Labute approximate surface area is 251 Å². The summed E-state index contributed by atoms with van der Waals surface area (Å²) in [4.78, 5) is 41.2. The molecule has 9 heteroatoms. The minimum Gasteiger partial charge on any atom is -0.506 e. The van der Waals surface area contributed by atoms with Crippen LogP contribution in [0, 0.1) is 17.8 Å². The molecule has 0 unspecified atom stereocenters. The van der Waals surface area contributed by atoms with Crippen molar-refractivity contribution in [2.24, 2.45) is 17.8 Å². The maximum atomic E-state index is 14.9. The van der Waals surface area contributed by atoms with Crippen molar-refractivity contribution >= 4 is 23.6 Å². The van der Waals surface area contributed by atoms with Crippen molar-refractivity contribution in [1.29, 1.82) is 0 Å². The lowest BCUT2D eigenvalue weighted by Crippen LogP contribution is -2.80. The molecule has 230 valence electrons. The van der Waals surface area contributed by atoms with Crippen molar-refractivity contribution in [3.05, 3.63) is 46.1 Å². The number of aliphatic carboxylic acids is 1. The van der Waals surface area contributed by atoms with Gasteiger partial charge in [0.2, 0.25) is 0 Å². The van der Waals surface area contributed by atoms with Gasteiger partial charge in [-0.3, -0.25) is 9.59 Å². The van der Waals surface area contributed by atoms with Gasteiger partial charge < -0.3 is 29.2 Å². The average Bonchev–Trinajstić information content (AvgIpc) is 3.06. The van der Waals surface area contributed by atoms with Crippen LogP contribution in [0.2, 0.25) is 0 Å². The number of methoxy groups -OCH3 is 1. The standard InChI is InChI=1S/C34H40O9/c1-16(2)9-10-19-26-18(12-13-31(4,5)41-26)24(35)22-25(36)23-28(40-8)20-15-21-32(6,7)43-33(29(20)37,14-11-17(3)30(38)39)34(21,23)42-27(19)22/h9,11-13,20-21,23,28,35H,10,14-15H2,1-8H3,(H,38,39)/t20-,21-,23+,28-,33-,34-/m0/s1. The molecule has 4 bridgehead atoms. The summed E-state index contributed by atoms with van der Waals surface area (Å²) in [6.07, 6.45) is 6.97. The first-order chi connectivity index (χ1) is 20.0. The van der Waals surface area contributed by atoms with E-state index in [0.29, 0.717) is 29.7 Å². The zero-order chi connectivity index (χ0) is 31.4. The Kier molecular flexibility index (Phi) is 6.40. The van der Waals surface area contributed by atoms with Gasteiger partial charge in [0.15, 0.2) is 22.8 Å². The number of phenols is 1. The van der Waals surface area contributed by atoms with Crippen LogP contribution >= 0.6 is 0 Å². The number of fused-ring (bicyclic) bond motifs is 2. The molecule has 3 heterocycles. The molecule has 2 N–H and O–H groups in total. The van der Waals surface area contributed by atoms with Gasteiger partial charge in [-0.25, -0.2) is 4.79 Å². The number of hydrogen-bond donors (Lipinski definition) is 2. The molecule has 1 saturated heterocycles. The number of aromatic hydroxyl groups is 1. The first-order valence-corrected chi connectivity index (χ1v) is 14.9. The van der Waals surface area contributed by atoms with E-state index in [1.807, 2.05) is 53.7 Å². The van der Waals surface area contributed by atoms with E-state index in [4.69, 9.17) is 18.9 Å². The second kappa shape index (κ2) is 9.29. The third-order valence-electron chi connectivity index (χ3n) is 10.2. The summed E-state index contributed by atoms with van der Waals surface area (Å²) in [6.45, 7) is 13.0. The molecule has 0 radical (unpaired) electrons. The number of carboxylic acid groups (broad SMARTS) is 1. The normalized spacial score (nSPS) is 34.1. The molecule has 0 amide bonds. The second-order valence-electron chi connectivity index (χ2n) is 13.9. The lowest BCUT2D eigenvalue weighted by atomic mass is 9.45. The molecule has 1 spiro atoms. The number of benzene rings is 1. The Morgan fingerprint density at radius 1 is 1.09 bits per heavy atom. The smallest absolute Gasteiger partial charge is 0.330 e. The lowest BCUT2D eigenvalue weighted by Gasteiger charge is -2.62. The zero-order valence-corrected chi connectivity index (χ0v) is 26.0. The summed E-state index contributed by atoms with van der Waals surface area (Å²) in [7, 11) is 1.48. The van der Waals surface area contributed by atoms with E-state index in [0.717, 1.165) is 5.57 Å². The van der Waals surface area contributed by atoms with Gasteiger partial charge >= 0.3 is 5.97 Å². The number of hydrogen-bond acceptors (Lipinski definition) is 8. The van der Waals surface area contributed by atoms with Crippen molar-refractivity contribution in [3.8, 4) is 17.2 Å². The molecule has 7 rings (SSSR count). The van der Waals surface area contributed by atoms with Gasteiger partial charge in [0, 0.05) is 36.5 Å². The molecule has 9 nitrogen and oxygen atoms in total. The highest BCUT2D eigenvalue weighted by molar-refractivity contribution is 6.10. The number of carboxylic acids is 1. The fraction of sp³-hybridized carbons (Fsp3) is 0.559. The molecular weight excluding hydrogens is 552 g/mol. The number of carbonyl (C=O) groups is 3. The molecule has 3 aliphatic carbocycles. The topological polar surface area (TPSA) is 129 Å². The highest BCUT2D eigenvalue weighted by Crippen LogP contribution is 2.70. The van der Waals surface area contributed by atoms with E-state index in [1.54, 1.807) is 6.08 Å². The summed E-state index contributed by atoms with van der Waals surface area (Å²) in [5, 5.41) is 21.3. The molecule has 4 fully saturated rings. The summed E-state index contributed by atoms with van der Waals surface area (Å²) in [6, 6.07) is 0. The molecular formula is C34H40O9. The highest BCUT2D eigenvalue weighted by Gasteiger charge is 2.85. The van der Waals surface area contributed by atoms with Gasteiger partial charge in [0.05, 0.1) is 23.2 Å². The highest BCUT2D eigenvalue weighted by atomic mass is 16.6. The Balaban J connectivity index is 1.68. The zero-order valence-electron chi connectivity index (χ0n) is 26.0. The summed E-state index contributed by atoms with van der Waals surface area (Å²) < 4.78 is 26.2. The molecule has 1 aromatic rings. The summed E-state index contributed by atoms with van der Waals surface area (Å²) >= 11 is 0. The molecule has 3 saturated carbocycles. The van der Waals surface area contributed by atoms with Gasteiger partial charge in [-0.15, -0.1) is 0 Å². The fourth-order valence-corrected chi connectivity index (χ4v) is 8.31. The predicted molar refractivity (Wildman–Crippen MR) is 157 cm³/mol. The number of Topliss-reactive ketones (excluding diaryl/α,β-unsaturated/α-hetero) is 2. The second-order valence-corrected chi connectivity index (χ2v) is 13.9. The van der Waals surface area contributed by atoms with Crippen LogP contribution in [0.1, 0.15) is 82.8 Å². The van der Waals surface area contributed by atoms with Gasteiger partial charge in [-0.1, -0.05) is 17.7 Å². The van der Waals surface area contributed by atoms with Crippen LogP contribution in [0.3, 0.4) is 0 Å². The Bertz CT molecular complexity index is 1560. The van der Waals surface area contributed by atoms with E-state index in [1.165, 1.54) is 20.1 Å². The van der Waals surface area contributed by atoms with Gasteiger partial charge in [-0.05, 0) is 73.5 Å². The van der Waals surface area contributed by atoms with Crippen molar-refractivity contribution in [2.45, 2.75) is 96.2 Å². The van der Waals surface area contributed by atoms with Crippen molar-refractivity contribution in [1.82, 2.24) is 0 Å². The van der Waals surface area contributed by atoms with E-state index in [9.17, 15) is 24.6 Å². The van der Waals surface area contributed by atoms with Crippen LogP contribution in [0.5, 0.6) is 17.2 Å². The van der Waals surface area contributed by atoms with Crippen LogP contribution < -0.4 is 9.47 Å². The number of allylic oxidation sites excluding steroid dienone is 2. The SMILES string of the molecule is CO[C@H]1[C@@H]2C[C@H]3C(C)(C)O[C@@](CC=C(C)C(=O)O)(C2=O)[C@]32Oc3c(CC=C(C)C)c4c(c(O)c3C(=O)[C@H]12)C=CC(C)(C)O4. The first-order valence-electron chi connectivity index (χ1n) is 14.9. The molecule has 43 heavy (non-hydrogen) atoms. The first kappa shape index (κ1) is 29.6. The van der Waals surface area contributed by atoms with Crippen LogP contribution in [-0.2, 0) is 25.5 Å². The minimum absolute atomic E-state index is 0.0474. The maximum absolute atomic E-state index is 14.9. The van der Waals surface area contributed by atoms with Gasteiger partial charge in [-0.2, -0.15) is 0 Å². The number of ether oxygens (including phenoxy) is 4. The van der Waals surface area contributed by atoms with Crippen LogP contribution in [0.4, 0.5) is 0 Å². The van der Waals surface area contributed by atoms with Crippen molar-refractivity contribution < 1.29 is 43.5 Å². The predicted octanol–water partition coefficient (Wildman–Crippen LogP) is 5.22.